The number of amides is 1. The van der Waals surface area contributed by atoms with Crippen LogP contribution in [0.25, 0.3) is 11.0 Å². The molecule has 1 amide bonds. The van der Waals surface area contributed by atoms with Crippen molar-refractivity contribution in [2.24, 2.45) is 0 Å². The number of anilines is 1. The van der Waals surface area contributed by atoms with Crippen molar-refractivity contribution < 1.29 is 18.3 Å². The fourth-order valence-corrected chi connectivity index (χ4v) is 5.66. The number of carbonyl (C=O) groups excluding carboxylic acids is 1. The lowest BCUT2D eigenvalue weighted by atomic mass is 9.90. The zero-order chi connectivity index (χ0) is 27.7. The molecule has 2 aromatic carbocycles. The Morgan fingerprint density at radius 2 is 1.73 bits per heavy atom. The van der Waals surface area contributed by atoms with E-state index in [9.17, 15) is 9.18 Å². The largest absolute Gasteiger partial charge is 0.425 e. The Labute approximate surface area is 230 Å². The lowest BCUT2D eigenvalue weighted by Crippen LogP contribution is -2.53. The van der Waals surface area contributed by atoms with Gasteiger partial charge in [0.05, 0.1) is 11.0 Å². The van der Waals surface area contributed by atoms with E-state index in [0.717, 1.165) is 11.1 Å². The number of fused-ring (bicyclic) bond motifs is 1. The van der Waals surface area contributed by atoms with Crippen LogP contribution in [0.5, 0.6) is 11.8 Å². The Hall–Kier alpha value is -4.12. The standard InChI is InChI=1S/C29H31F2N7O2/c30-21-6-7-25-24(16-21)35-28(40-23-4-2-1-3-5-23)38(25)22-8-12-37(13-9-22)26(39)29(31)10-14-36(15-11-29)19-20-17-33-27(32)34-18-20/h1-7,16-18,22H,8-15,19H2,(H2,32,33,34). The predicted octanol–water partition coefficient (Wildman–Crippen LogP) is 4.51. The second kappa shape index (κ2) is 10.8. The smallest absolute Gasteiger partial charge is 0.303 e. The van der Waals surface area contributed by atoms with Crippen LogP contribution in [0.2, 0.25) is 0 Å². The predicted molar refractivity (Wildman–Crippen MR) is 146 cm³/mol. The van der Waals surface area contributed by atoms with Gasteiger partial charge in [-0.15, -0.1) is 0 Å². The Balaban J connectivity index is 1.11. The van der Waals surface area contributed by atoms with Crippen LogP contribution in [0.1, 0.15) is 37.3 Å². The van der Waals surface area contributed by atoms with Crippen LogP contribution >= 0.6 is 0 Å². The van der Waals surface area contributed by atoms with Crippen LogP contribution in [0.3, 0.4) is 0 Å². The average molecular weight is 548 g/mol. The summed E-state index contributed by atoms with van der Waals surface area (Å²) in [5.41, 5.74) is 5.85. The van der Waals surface area contributed by atoms with Gasteiger partial charge in [0, 0.05) is 75.6 Å². The monoisotopic (exact) mass is 547 g/mol. The van der Waals surface area contributed by atoms with Crippen molar-refractivity contribution >= 4 is 22.9 Å². The van der Waals surface area contributed by atoms with Gasteiger partial charge < -0.3 is 15.4 Å². The molecular formula is C29H31F2N7O2. The molecule has 2 aliphatic rings. The molecule has 9 nitrogen and oxygen atoms in total. The zero-order valence-corrected chi connectivity index (χ0v) is 22.0. The van der Waals surface area contributed by atoms with Crippen molar-refractivity contribution in [3.8, 4) is 11.8 Å². The number of ether oxygens (including phenoxy) is 1. The summed E-state index contributed by atoms with van der Waals surface area (Å²) in [6.45, 7) is 2.38. The molecular weight excluding hydrogens is 516 g/mol. The number of hydrogen-bond acceptors (Lipinski definition) is 7. The number of para-hydroxylation sites is 1. The van der Waals surface area contributed by atoms with Crippen molar-refractivity contribution in [2.45, 2.75) is 43.9 Å². The van der Waals surface area contributed by atoms with Crippen molar-refractivity contribution in [1.29, 1.82) is 0 Å². The summed E-state index contributed by atoms with van der Waals surface area (Å²) >= 11 is 0. The lowest BCUT2D eigenvalue weighted by molar-refractivity contribution is -0.148. The number of halogens is 2. The van der Waals surface area contributed by atoms with Gasteiger partial charge in [-0.25, -0.2) is 18.7 Å². The first-order valence-corrected chi connectivity index (χ1v) is 13.6. The molecule has 0 saturated carbocycles. The molecule has 2 aromatic heterocycles. The van der Waals surface area contributed by atoms with E-state index in [4.69, 9.17) is 10.5 Å². The molecule has 2 saturated heterocycles. The topological polar surface area (TPSA) is 102 Å². The highest BCUT2D eigenvalue weighted by atomic mass is 19.1. The van der Waals surface area contributed by atoms with Gasteiger partial charge >= 0.3 is 6.01 Å². The van der Waals surface area contributed by atoms with E-state index in [0.29, 0.717) is 62.8 Å². The number of aromatic nitrogens is 4. The van der Waals surface area contributed by atoms with Crippen LogP contribution < -0.4 is 10.5 Å². The maximum Gasteiger partial charge on any atom is 0.303 e. The fraction of sp³-hybridized carbons (Fsp3) is 0.379. The van der Waals surface area contributed by atoms with Gasteiger partial charge in [0.2, 0.25) is 5.95 Å². The van der Waals surface area contributed by atoms with Crippen LogP contribution in [-0.2, 0) is 11.3 Å². The van der Waals surface area contributed by atoms with Gasteiger partial charge in [0.15, 0.2) is 5.67 Å². The van der Waals surface area contributed by atoms with E-state index >= 15 is 4.39 Å². The van der Waals surface area contributed by atoms with E-state index in [1.807, 2.05) is 34.9 Å². The molecule has 0 radical (unpaired) electrons. The summed E-state index contributed by atoms with van der Waals surface area (Å²) in [4.78, 5) is 29.7. The fourth-order valence-electron chi connectivity index (χ4n) is 5.66. The molecule has 0 atom stereocenters. The van der Waals surface area contributed by atoms with Gasteiger partial charge in [0.25, 0.3) is 5.91 Å². The van der Waals surface area contributed by atoms with Gasteiger partial charge in [0.1, 0.15) is 11.6 Å². The van der Waals surface area contributed by atoms with Crippen molar-refractivity contribution in [1.82, 2.24) is 29.3 Å². The number of piperidine rings is 2. The highest BCUT2D eigenvalue weighted by Gasteiger charge is 2.45. The number of hydrogen-bond donors (Lipinski definition) is 1. The minimum atomic E-state index is -1.87. The van der Waals surface area contributed by atoms with Crippen molar-refractivity contribution in [2.75, 3.05) is 31.9 Å². The molecule has 0 aliphatic carbocycles. The summed E-state index contributed by atoms with van der Waals surface area (Å²) in [5.74, 6) is 0.0426. The number of nitrogens with zero attached hydrogens (tertiary/aromatic N) is 6. The van der Waals surface area contributed by atoms with Gasteiger partial charge in [-0.2, -0.15) is 4.98 Å². The number of benzene rings is 2. The van der Waals surface area contributed by atoms with E-state index < -0.39 is 11.6 Å². The molecule has 11 heteroatoms. The lowest BCUT2D eigenvalue weighted by Gasteiger charge is -2.40. The third-order valence-electron chi connectivity index (χ3n) is 7.85. The number of alkyl halides is 1. The number of rotatable bonds is 6. The quantitative estimate of drug-likeness (QED) is 0.379. The molecule has 2 N–H and O–H groups in total. The van der Waals surface area contributed by atoms with E-state index in [1.54, 1.807) is 23.4 Å². The molecule has 208 valence electrons. The summed E-state index contributed by atoms with van der Waals surface area (Å²) in [6.07, 6.45) is 4.86. The third-order valence-corrected chi connectivity index (χ3v) is 7.85. The number of carbonyl (C=O) groups is 1. The molecule has 4 heterocycles. The van der Waals surface area contributed by atoms with Crippen LogP contribution in [0.15, 0.2) is 60.9 Å². The summed E-state index contributed by atoms with van der Waals surface area (Å²) in [6, 6.07) is 14.2. The first-order valence-electron chi connectivity index (χ1n) is 13.6. The Kier molecular flexibility index (Phi) is 7.05. The number of nitrogens with two attached hydrogens (primary N) is 1. The van der Waals surface area contributed by atoms with E-state index in [1.165, 1.54) is 12.1 Å². The molecule has 0 spiro atoms. The van der Waals surface area contributed by atoms with E-state index in [-0.39, 0.29) is 30.6 Å². The van der Waals surface area contributed by atoms with Crippen molar-refractivity contribution in [3.05, 3.63) is 72.3 Å². The number of nitrogen functional groups attached to an aromatic ring is 1. The van der Waals surface area contributed by atoms with Gasteiger partial charge in [-0.05, 0) is 37.1 Å². The summed E-state index contributed by atoms with van der Waals surface area (Å²) in [5, 5.41) is 0. The Bertz CT molecular complexity index is 1480. The highest BCUT2D eigenvalue weighted by Crippen LogP contribution is 2.36. The summed E-state index contributed by atoms with van der Waals surface area (Å²) in [7, 11) is 0. The zero-order valence-electron chi connectivity index (χ0n) is 22.0. The molecule has 4 aromatic rings. The number of likely N-dealkylation sites (tertiary alicyclic amines) is 2. The second-order valence-electron chi connectivity index (χ2n) is 10.5. The maximum atomic E-state index is 15.9. The van der Waals surface area contributed by atoms with Crippen LogP contribution in [-0.4, -0.2) is 67.1 Å². The second-order valence-corrected chi connectivity index (χ2v) is 10.5. The first kappa shape index (κ1) is 26.1. The minimum Gasteiger partial charge on any atom is -0.425 e. The Morgan fingerprint density at radius 3 is 2.42 bits per heavy atom. The number of imidazole rings is 1. The molecule has 2 aliphatic heterocycles. The molecule has 0 unspecified atom stereocenters. The van der Waals surface area contributed by atoms with Crippen LogP contribution in [0.4, 0.5) is 14.7 Å². The minimum absolute atomic E-state index is 0.0299. The normalized spacial score (nSPS) is 18.2. The third kappa shape index (κ3) is 5.33. The van der Waals surface area contributed by atoms with Crippen LogP contribution in [0, 0.1) is 5.82 Å². The molecule has 40 heavy (non-hydrogen) atoms. The molecule has 6 rings (SSSR count). The average Bonchev–Trinajstić information content (AvgIpc) is 3.32. The maximum absolute atomic E-state index is 15.9. The highest BCUT2D eigenvalue weighted by molar-refractivity contribution is 5.85. The molecule has 2 fully saturated rings. The van der Waals surface area contributed by atoms with Gasteiger partial charge in [-0.3, -0.25) is 14.3 Å². The summed E-state index contributed by atoms with van der Waals surface area (Å²) < 4.78 is 38.0. The van der Waals surface area contributed by atoms with E-state index in [2.05, 4.69) is 19.9 Å². The Morgan fingerprint density at radius 1 is 1.02 bits per heavy atom. The molecule has 0 bridgehead atoms. The SMILES string of the molecule is Nc1ncc(CN2CCC(F)(C(=O)N3CCC(n4c(Oc5ccccc5)nc5cc(F)ccc54)CC3)CC2)cn1. The first-order chi connectivity index (χ1) is 19.4. The van der Waals surface area contributed by atoms with Crippen molar-refractivity contribution in [3.63, 3.8) is 0 Å². The van der Waals surface area contributed by atoms with Gasteiger partial charge in [-0.1, -0.05) is 18.2 Å².